The minimum absolute atomic E-state index is 0.534. The smallest absolute Gasteiger partial charge is 0.119 e. The highest BCUT2D eigenvalue weighted by atomic mass is 16.5. The minimum Gasteiger partial charge on any atom is -0.493 e. The fraction of sp³-hybridized carbons (Fsp3) is 0.538. The summed E-state index contributed by atoms with van der Waals surface area (Å²) in [5.41, 5.74) is 0.533. The molecule has 0 heterocycles. The highest BCUT2D eigenvalue weighted by Gasteiger charge is 2.11. The molecule has 0 saturated carbocycles. The summed E-state index contributed by atoms with van der Waals surface area (Å²) in [6, 6.07) is 7.98. The van der Waals surface area contributed by atoms with Crippen LogP contribution in [0.3, 0.4) is 0 Å². The Labute approximate surface area is 97.4 Å². The number of aliphatic hydroxyl groups is 1. The van der Waals surface area contributed by atoms with Crippen molar-refractivity contribution < 1.29 is 9.84 Å². The maximum Gasteiger partial charge on any atom is 0.119 e. The first kappa shape index (κ1) is 13.0. The molecule has 0 unspecified atom stereocenters. The molecule has 2 N–H and O–H groups in total. The van der Waals surface area contributed by atoms with E-state index in [-0.39, 0.29) is 0 Å². The van der Waals surface area contributed by atoms with Gasteiger partial charge in [-0.25, -0.2) is 0 Å². The van der Waals surface area contributed by atoms with Crippen molar-refractivity contribution in [1.29, 1.82) is 0 Å². The number of nitrogens with one attached hydrogen (secondary N) is 1. The second-order valence-corrected chi connectivity index (χ2v) is 4.59. The van der Waals surface area contributed by atoms with Gasteiger partial charge in [-0.2, -0.15) is 0 Å². The van der Waals surface area contributed by atoms with Crippen LogP contribution in [0.4, 0.5) is 0 Å². The van der Waals surface area contributed by atoms with Gasteiger partial charge < -0.3 is 15.2 Å². The molecule has 1 aromatic rings. The van der Waals surface area contributed by atoms with Crippen molar-refractivity contribution in [1.82, 2.24) is 5.32 Å². The number of benzene rings is 1. The molecule has 0 bridgehead atoms. The van der Waals surface area contributed by atoms with E-state index in [4.69, 9.17) is 4.74 Å². The molecule has 0 saturated heterocycles. The molecule has 0 aliphatic rings. The Kier molecular flexibility index (Phi) is 4.77. The molecule has 16 heavy (non-hydrogen) atoms. The second-order valence-electron chi connectivity index (χ2n) is 4.59. The Balaban J connectivity index is 2.44. The summed E-state index contributed by atoms with van der Waals surface area (Å²) in [6.07, 6.45) is 0.628. The first-order chi connectivity index (χ1) is 7.51. The van der Waals surface area contributed by atoms with Crippen LogP contribution in [0.1, 0.15) is 25.8 Å². The summed E-state index contributed by atoms with van der Waals surface area (Å²) in [7, 11) is 1.92. The van der Waals surface area contributed by atoms with E-state index in [2.05, 4.69) is 11.4 Å². The maximum atomic E-state index is 9.54. The molecule has 0 aliphatic carbocycles. The minimum atomic E-state index is -0.664. The molecule has 1 rings (SSSR count). The summed E-state index contributed by atoms with van der Waals surface area (Å²) in [5, 5.41) is 12.6. The van der Waals surface area contributed by atoms with Crippen molar-refractivity contribution in [3.63, 3.8) is 0 Å². The summed E-state index contributed by atoms with van der Waals surface area (Å²) < 4.78 is 5.58. The van der Waals surface area contributed by atoms with Gasteiger partial charge in [0.2, 0.25) is 0 Å². The van der Waals surface area contributed by atoms with Crippen molar-refractivity contribution in [2.24, 2.45) is 0 Å². The third-order valence-electron chi connectivity index (χ3n) is 2.26. The summed E-state index contributed by atoms with van der Waals surface area (Å²) >= 11 is 0. The molecule has 0 amide bonds. The highest BCUT2D eigenvalue weighted by molar-refractivity contribution is 5.28. The van der Waals surface area contributed by atoms with Crippen LogP contribution in [0.5, 0.6) is 5.75 Å². The summed E-state index contributed by atoms with van der Waals surface area (Å²) in [6.45, 7) is 4.94. The molecule has 0 radical (unpaired) electrons. The number of hydrogen-bond donors (Lipinski definition) is 2. The van der Waals surface area contributed by atoms with Crippen LogP contribution in [0, 0.1) is 0 Å². The van der Waals surface area contributed by atoms with E-state index >= 15 is 0 Å². The Morgan fingerprint density at radius 3 is 2.75 bits per heavy atom. The lowest BCUT2D eigenvalue weighted by atomic mass is 10.1. The van der Waals surface area contributed by atoms with Crippen molar-refractivity contribution in [2.75, 3.05) is 13.7 Å². The van der Waals surface area contributed by atoms with Crippen LogP contribution in [-0.4, -0.2) is 24.4 Å². The monoisotopic (exact) mass is 223 g/mol. The lowest BCUT2D eigenvalue weighted by molar-refractivity contribution is 0.0553. The van der Waals surface area contributed by atoms with Crippen molar-refractivity contribution in [2.45, 2.75) is 32.4 Å². The average Bonchev–Trinajstić information content (AvgIpc) is 2.17. The second kappa shape index (κ2) is 5.87. The zero-order valence-electron chi connectivity index (χ0n) is 10.3. The summed E-state index contributed by atoms with van der Waals surface area (Å²) in [5.74, 6) is 0.858. The quantitative estimate of drug-likeness (QED) is 0.774. The normalized spacial score (nSPS) is 11.5. The Bertz CT molecular complexity index is 318. The SMILES string of the molecule is CNCc1cccc(OCCC(C)(C)O)c1. The molecule has 3 nitrogen and oxygen atoms in total. The maximum absolute atomic E-state index is 9.54. The van der Waals surface area contributed by atoms with Gasteiger partial charge >= 0.3 is 0 Å². The van der Waals surface area contributed by atoms with Crippen LogP contribution in [0.25, 0.3) is 0 Å². The van der Waals surface area contributed by atoms with Gasteiger partial charge in [0.05, 0.1) is 12.2 Å². The van der Waals surface area contributed by atoms with Gasteiger partial charge in [0.1, 0.15) is 5.75 Å². The van der Waals surface area contributed by atoms with Crippen molar-refractivity contribution >= 4 is 0 Å². The predicted molar refractivity (Wildman–Crippen MR) is 65.6 cm³/mol. The number of hydrogen-bond acceptors (Lipinski definition) is 3. The highest BCUT2D eigenvalue weighted by Crippen LogP contribution is 2.15. The van der Waals surface area contributed by atoms with Crippen LogP contribution in [0.2, 0.25) is 0 Å². The molecular weight excluding hydrogens is 202 g/mol. The van der Waals surface area contributed by atoms with E-state index in [0.717, 1.165) is 12.3 Å². The van der Waals surface area contributed by atoms with Crippen LogP contribution < -0.4 is 10.1 Å². The lowest BCUT2D eigenvalue weighted by Gasteiger charge is -2.17. The van der Waals surface area contributed by atoms with E-state index in [1.165, 1.54) is 5.56 Å². The zero-order valence-corrected chi connectivity index (χ0v) is 10.3. The zero-order chi connectivity index (χ0) is 12.0. The molecule has 0 atom stereocenters. The molecule has 1 aromatic carbocycles. The van der Waals surface area contributed by atoms with Gasteiger partial charge in [0.25, 0.3) is 0 Å². The van der Waals surface area contributed by atoms with Gasteiger partial charge in [0.15, 0.2) is 0 Å². The number of rotatable bonds is 6. The summed E-state index contributed by atoms with van der Waals surface area (Å²) in [4.78, 5) is 0. The van der Waals surface area contributed by atoms with E-state index < -0.39 is 5.60 Å². The molecule has 0 fully saturated rings. The molecule has 3 heteroatoms. The molecule has 0 aliphatic heterocycles. The Hall–Kier alpha value is -1.06. The van der Waals surface area contributed by atoms with Gasteiger partial charge in [0, 0.05) is 13.0 Å². The van der Waals surface area contributed by atoms with Crippen LogP contribution in [0.15, 0.2) is 24.3 Å². The van der Waals surface area contributed by atoms with Crippen molar-refractivity contribution in [3.8, 4) is 5.75 Å². The van der Waals surface area contributed by atoms with E-state index in [1.807, 2.05) is 25.2 Å². The first-order valence-electron chi connectivity index (χ1n) is 5.60. The fourth-order valence-electron chi connectivity index (χ4n) is 1.37. The molecule has 0 spiro atoms. The van der Waals surface area contributed by atoms with E-state index in [1.54, 1.807) is 13.8 Å². The van der Waals surface area contributed by atoms with Gasteiger partial charge in [-0.15, -0.1) is 0 Å². The predicted octanol–water partition coefficient (Wildman–Crippen LogP) is 1.95. The van der Waals surface area contributed by atoms with Crippen LogP contribution in [-0.2, 0) is 6.54 Å². The van der Waals surface area contributed by atoms with Crippen molar-refractivity contribution in [3.05, 3.63) is 29.8 Å². The molecule has 90 valence electrons. The van der Waals surface area contributed by atoms with Crippen LogP contribution >= 0.6 is 0 Å². The average molecular weight is 223 g/mol. The lowest BCUT2D eigenvalue weighted by Crippen LogP contribution is -2.21. The Morgan fingerprint density at radius 1 is 1.38 bits per heavy atom. The molecule has 0 aromatic heterocycles. The topological polar surface area (TPSA) is 41.5 Å². The van der Waals surface area contributed by atoms with E-state index in [9.17, 15) is 5.11 Å². The Morgan fingerprint density at radius 2 is 2.12 bits per heavy atom. The van der Waals surface area contributed by atoms with E-state index in [0.29, 0.717) is 13.0 Å². The van der Waals surface area contributed by atoms with Gasteiger partial charge in [-0.3, -0.25) is 0 Å². The van der Waals surface area contributed by atoms with Gasteiger partial charge in [-0.1, -0.05) is 12.1 Å². The molecular formula is C13H21NO2. The third-order valence-corrected chi connectivity index (χ3v) is 2.26. The largest absolute Gasteiger partial charge is 0.493 e. The third kappa shape index (κ3) is 5.14. The number of ether oxygens (including phenoxy) is 1. The first-order valence-corrected chi connectivity index (χ1v) is 5.60. The fourth-order valence-corrected chi connectivity index (χ4v) is 1.37. The van der Waals surface area contributed by atoms with Gasteiger partial charge in [-0.05, 0) is 38.6 Å². The standard InChI is InChI=1S/C13H21NO2/c1-13(2,15)7-8-16-12-6-4-5-11(9-12)10-14-3/h4-6,9,14-15H,7-8,10H2,1-3H3.